The highest BCUT2D eigenvalue weighted by Gasteiger charge is 2.30. The number of quaternary nitrogens is 1. The van der Waals surface area contributed by atoms with Gasteiger partial charge in [0, 0.05) is 29.3 Å². The van der Waals surface area contributed by atoms with Crippen molar-refractivity contribution in [3.05, 3.63) is 71.9 Å². The van der Waals surface area contributed by atoms with Crippen LogP contribution in [0.15, 0.2) is 60.8 Å². The van der Waals surface area contributed by atoms with Crippen molar-refractivity contribution in [1.82, 2.24) is 9.80 Å². The van der Waals surface area contributed by atoms with Crippen LogP contribution in [0.1, 0.15) is 35.7 Å². The zero-order valence-electron chi connectivity index (χ0n) is 19.5. The average molecular weight is 465 g/mol. The summed E-state index contributed by atoms with van der Waals surface area (Å²) in [5.41, 5.74) is 1.74. The number of carbonyl (C=O) groups excluding carboxylic acids is 1. The zero-order valence-corrected chi connectivity index (χ0v) is 19.5. The number of phenols is 1. The fourth-order valence-electron chi connectivity index (χ4n) is 3.84. The lowest BCUT2D eigenvalue weighted by molar-refractivity contribution is -0.496. The molecular weight excluding hydrogens is 432 g/mol. The quantitative estimate of drug-likeness (QED) is 0.245. The molecule has 9 nitrogen and oxygen atoms in total. The Morgan fingerprint density at radius 1 is 1.18 bits per heavy atom. The Balaban J connectivity index is 1.75. The van der Waals surface area contributed by atoms with Gasteiger partial charge in [-0.2, -0.15) is 0 Å². The van der Waals surface area contributed by atoms with Crippen LogP contribution in [0.3, 0.4) is 0 Å². The molecule has 9 heteroatoms. The Kier molecular flexibility index (Phi) is 8.29. The van der Waals surface area contributed by atoms with E-state index in [1.807, 2.05) is 13.1 Å². The van der Waals surface area contributed by atoms with Gasteiger partial charge in [0.1, 0.15) is 23.5 Å². The predicted molar refractivity (Wildman–Crippen MR) is 130 cm³/mol. The number of piperidine rings is 1. The van der Waals surface area contributed by atoms with Gasteiger partial charge < -0.3 is 14.7 Å². The average Bonchev–Trinajstić information content (AvgIpc) is 2.80. The summed E-state index contributed by atoms with van der Waals surface area (Å²) in [6, 6.07) is 13.3. The Morgan fingerprint density at radius 2 is 1.85 bits per heavy atom. The number of phenolic OH excluding ortho intramolecular Hbond substituents is 1. The molecule has 1 amide bonds. The standard InChI is InChI=1S/C25H30N6O3/c1-17(26)34-24(28)18-5-3-7-20(15-18)29-12-9-23(27)31(21-10-13-30(2)14-11-21)25(33)19-6-4-8-22(32)16-19/h3-9,12,15-16,21,26-29,32H,10-11,13-14H2,1-2H3/p+2/b12-9-,26-17?,27-23?,28-24?. The topological polar surface area (TPSA) is 143 Å². The number of hydrogen-bond acceptors (Lipinski definition) is 6. The molecular formula is C25H32N6O3+2. The number of nitrogens with zero attached hydrogens (tertiary/aromatic N) is 2. The van der Waals surface area contributed by atoms with Crippen LogP contribution in [-0.2, 0) is 4.74 Å². The molecule has 1 aliphatic heterocycles. The van der Waals surface area contributed by atoms with Gasteiger partial charge in [0.05, 0.1) is 6.92 Å². The summed E-state index contributed by atoms with van der Waals surface area (Å²) in [5.74, 6) is -0.0578. The second-order valence-electron chi connectivity index (χ2n) is 8.34. The smallest absolute Gasteiger partial charge is 0.336 e. The van der Waals surface area contributed by atoms with Crippen molar-refractivity contribution in [3.63, 3.8) is 0 Å². The lowest BCUT2D eigenvalue weighted by atomic mass is 10.0. The summed E-state index contributed by atoms with van der Waals surface area (Å²) in [5, 5.41) is 33.8. The fourth-order valence-corrected chi connectivity index (χ4v) is 3.84. The summed E-state index contributed by atoms with van der Waals surface area (Å²) in [6.45, 7) is 3.27. The molecule has 0 radical (unpaired) electrons. The second kappa shape index (κ2) is 11.4. The van der Waals surface area contributed by atoms with Crippen molar-refractivity contribution in [2.24, 2.45) is 0 Å². The maximum atomic E-state index is 13.3. The molecule has 178 valence electrons. The number of hydrogen-bond donors (Lipinski definition) is 5. The largest absolute Gasteiger partial charge is 0.508 e. The molecule has 1 aliphatic rings. The monoisotopic (exact) mass is 464 g/mol. The minimum atomic E-state index is -0.305. The number of rotatable bonds is 6. The van der Waals surface area contributed by atoms with Gasteiger partial charge in [-0.05, 0) is 63.3 Å². The SMILES string of the molecule is CC(=[NH2+])OC(=N)c1cccc([NH2+]/C=C\C(=N)N(C(=O)c2cccc(O)c2)C2CCN(C)CC2)c1. The predicted octanol–water partition coefficient (Wildman–Crippen LogP) is 0.834. The Hall–Kier alpha value is -3.82. The van der Waals surface area contributed by atoms with Gasteiger partial charge in [0.25, 0.3) is 5.91 Å². The third-order valence-electron chi connectivity index (χ3n) is 5.58. The van der Waals surface area contributed by atoms with Crippen molar-refractivity contribution in [2.45, 2.75) is 25.8 Å². The normalized spacial score (nSPS) is 14.6. The van der Waals surface area contributed by atoms with Gasteiger partial charge in [0.15, 0.2) is 0 Å². The molecule has 0 atom stereocenters. The summed E-state index contributed by atoms with van der Waals surface area (Å²) in [6.07, 6.45) is 4.83. The van der Waals surface area contributed by atoms with E-state index in [2.05, 4.69) is 4.90 Å². The number of nitrogens with one attached hydrogen (secondary N) is 2. The molecule has 7 N–H and O–H groups in total. The van der Waals surface area contributed by atoms with Gasteiger partial charge >= 0.3 is 5.90 Å². The van der Waals surface area contributed by atoms with E-state index in [0.717, 1.165) is 31.6 Å². The fraction of sp³-hybridized carbons (Fsp3) is 0.280. The van der Waals surface area contributed by atoms with Gasteiger partial charge in [-0.25, -0.2) is 5.41 Å². The maximum Gasteiger partial charge on any atom is 0.336 e. The summed E-state index contributed by atoms with van der Waals surface area (Å²) >= 11 is 0. The highest BCUT2D eigenvalue weighted by atomic mass is 16.5. The van der Waals surface area contributed by atoms with Crippen LogP contribution in [0.25, 0.3) is 0 Å². The van der Waals surface area contributed by atoms with E-state index in [4.69, 9.17) is 21.0 Å². The Bertz CT molecular complexity index is 1110. The minimum absolute atomic E-state index is 0.0152. The number of nitrogens with two attached hydrogens (primary N) is 2. The molecule has 0 aromatic heterocycles. The summed E-state index contributed by atoms with van der Waals surface area (Å²) in [4.78, 5) is 17.1. The number of likely N-dealkylation sites (tertiary alicyclic amines) is 1. The van der Waals surface area contributed by atoms with Crippen molar-refractivity contribution in [1.29, 1.82) is 10.8 Å². The molecule has 0 spiro atoms. The van der Waals surface area contributed by atoms with Crippen molar-refractivity contribution >= 4 is 29.2 Å². The van der Waals surface area contributed by atoms with Gasteiger partial charge in [-0.3, -0.25) is 25.8 Å². The zero-order chi connectivity index (χ0) is 24.7. The van der Waals surface area contributed by atoms with E-state index >= 15 is 0 Å². The third kappa shape index (κ3) is 6.60. The number of carbonyl (C=O) groups is 1. The molecule has 2 aromatic carbocycles. The van der Waals surface area contributed by atoms with Crippen molar-refractivity contribution < 1.29 is 25.4 Å². The van der Waals surface area contributed by atoms with Gasteiger partial charge in [-0.15, -0.1) is 0 Å². The van der Waals surface area contributed by atoms with Gasteiger partial charge in [0.2, 0.25) is 5.90 Å². The van der Waals surface area contributed by atoms with E-state index in [1.54, 1.807) is 54.8 Å². The summed E-state index contributed by atoms with van der Waals surface area (Å²) < 4.78 is 5.16. The number of benzene rings is 2. The van der Waals surface area contributed by atoms with Crippen LogP contribution < -0.4 is 10.7 Å². The molecule has 34 heavy (non-hydrogen) atoms. The highest BCUT2D eigenvalue weighted by Crippen LogP contribution is 2.21. The van der Waals surface area contributed by atoms with Crippen molar-refractivity contribution in [2.75, 3.05) is 20.1 Å². The maximum absolute atomic E-state index is 13.3. The van der Waals surface area contributed by atoms with Gasteiger partial charge in [-0.1, -0.05) is 12.1 Å². The second-order valence-corrected chi connectivity index (χ2v) is 8.34. The van der Waals surface area contributed by atoms with E-state index in [0.29, 0.717) is 11.1 Å². The molecule has 0 unspecified atom stereocenters. The first-order valence-electron chi connectivity index (χ1n) is 11.1. The minimum Gasteiger partial charge on any atom is -0.508 e. The Morgan fingerprint density at radius 3 is 2.53 bits per heavy atom. The van der Waals surface area contributed by atoms with Crippen LogP contribution in [-0.4, -0.2) is 64.6 Å². The van der Waals surface area contributed by atoms with Crippen LogP contribution >= 0.6 is 0 Å². The first kappa shape index (κ1) is 24.8. The molecule has 1 heterocycles. The lowest BCUT2D eigenvalue weighted by Crippen LogP contribution is -2.71. The van der Waals surface area contributed by atoms with E-state index in [-0.39, 0.29) is 35.3 Å². The van der Waals surface area contributed by atoms with Crippen molar-refractivity contribution in [3.8, 4) is 5.75 Å². The van der Waals surface area contributed by atoms with Crippen LogP contribution in [0.2, 0.25) is 0 Å². The van der Waals surface area contributed by atoms with Crippen LogP contribution in [0.5, 0.6) is 5.75 Å². The molecule has 3 rings (SSSR count). The first-order chi connectivity index (χ1) is 16.2. The van der Waals surface area contributed by atoms with E-state index in [1.165, 1.54) is 17.0 Å². The highest BCUT2D eigenvalue weighted by molar-refractivity contribution is 6.09. The molecule has 1 fully saturated rings. The molecule has 0 aliphatic carbocycles. The van der Waals surface area contributed by atoms with E-state index < -0.39 is 0 Å². The summed E-state index contributed by atoms with van der Waals surface area (Å²) in [7, 11) is 2.05. The van der Waals surface area contributed by atoms with Crippen LogP contribution in [0.4, 0.5) is 5.69 Å². The van der Waals surface area contributed by atoms with E-state index in [9.17, 15) is 9.90 Å². The van der Waals surface area contributed by atoms with Crippen LogP contribution in [0, 0.1) is 10.8 Å². The molecule has 0 bridgehead atoms. The molecule has 0 saturated carbocycles. The number of ether oxygens (including phenoxy) is 1. The molecule has 2 aromatic rings. The number of amidine groups is 1. The molecule has 1 saturated heterocycles. The lowest BCUT2D eigenvalue weighted by Gasteiger charge is -2.36. The number of aromatic hydroxyl groups is 1. The first-order valence-corrected chi connectivity index (χ1v) is 11.1. The Labute approximate surface area is 199 Å². The third-order valence-corrected chi connectivity index (χ3v) is 5.58. The number of amides is 1.